The Kier molecular flexibility index (Phi) is 4.99. The third-order valence-corrected chi connectivity index (χ3v) is 3.40. The van der Waals surface area contributed by atoms with Crippen LogP contribution in [0, 0.1) is 5.82 Å². The lowest BCUT2D eigenvalue weighted by Gasteiger charge is -2.18. The first-order valence-electron chi connectivity index (χ1n) is 6.50. The Morgan fingerprint density at radius 1 is 1.15 bits per heavy atom. The van der Waals surface area contributed by atoms with Crippen LogP contribution in [-0.4, -0.2) is 13.7 Å². The van der Waals surface area contributed by atoms with Crippen molar-refractivity contribution < 1.29 is 9.13 Å². The molecule has 20 heavy (non-hydrogen) atoms. The maximum Gasteiger partial charge on any atom is 0.142 e. The molecular weight excluding hydrogens is 277 g/mol. The van der Waals surface area contributed by atoms with Crippen molar-refractivity contribution in [2.45, 2.75) is 13.0 Å². The Hall–Kier alpha value is -1.58. The average molecular weight is 294 g/mol. The molecule has 2 aromatic carbocycles. The number of ether oxygens (including phenoxy) is 1. The van der Waals surface area contributed by atoms with Crippen LogP contribution in [0.25, 0.3) is 0 Å². The summed E-state index contributed by atoms with van der Waals surface area (Å²) in [7, 11) is 1.84. The van der Waals surface area contributed by atoms with E-state index in [9.17, 15) is 4.39 Å². The summed E-state index contributed by atoms with van der Waals surface area (Å²) in [6.07, 6.45) is 0. The Morgan fingerprint density at radius 3 is 2.35 bits per heavy atom. The van der Waals surface area contributed by atoms with Gasteiger partial charge in [-0.15, -0.1) is 0 Å². The van der Waals surface area contributed by atoms with Crippen molar-refractivity contribution in [3.05, 3.63) is 64.4 Å². The van der Waals surface area contributed by atoms with Gasteiger partial charge < -0.3 is 10.1 Å². The highest BCUT2D eigenvalue weighted by Gasteiger charge is 2.13. The van der Waals surface area contributed by atoms with Crippen LogP contribution < -0.4 is 10.1 Å². The van der Waals surface area contributed by atoms with Crippen molar-refractivity contribution in [2.24, 2.45) is 0 Å². The molecule has 0 saturated carbocycles. The third-order valence-electron chi connectivity index (χ3n) is 3.09. The lowest BCUT2D eigenvalue weighted by molar-refractivity contribution is 0.340. The molecule has 106 valence electrons. The molecule has 1 atom stereocenters. The second kappa shape index (κ2) is 6.73. The van der Waals surface area contributed by atoms with E-state index in [0.717, 1.165) is 16.9 Å². The van der Waals surface area contributed by atoms with Gasteiger partial charge in [-0.1, -0.05) is 29.8 Å². The normalized spacial score (nSPS) is 12.2. The average Bonchev–Trinajstić information content (AvgIpc) is 2.46. The van der Waals surface area contributed by atoms with Gasteiger partial charge in [0.1, 0.15) is 11.6 Å². The van der Waals surface area contributed by atoms with Crippen molar-refractivity contribution in [3.8, 4) is 5.75 Å². The SMILES string of the molecule is CCOc1ccc(C(NC)c2ccc(Cl)c(F)c2)cc1. The van der Waals surface area contributed by atoms with Gasteiger partial charge in [0.25, 0.3) is 0 Å². The summed E-state index contributed by atoms with van der Waals surface area (Å²) in [4.78, 5) is 0. The van der Waals surface area contributed by atoms with Crippen molar-refractivity contribution in [1.29, 1.82) is 0 Å². The molecule has 2 rings (SSSR count). The lowest BCUT2D eigenvalue weighted by atomic mass is 9.99. The van der Waals surface area contributed by atoms with Gasteiger partial charge in [0.15, 0.2) is 0 Å². The van der Waals surface area contributed by atoms with Gasteiger partial charge in [-0.05, 0) is 49.4 Å². The number of benzene rings is 2. The molecule has 0 bridgehead atoms. The Bertz CT molecular complexity index is 571. The standard InChI is InChI=1S/C16H17ClFNO/c1-3-20-13-7-4-11(5-8-13)16(19-2)12-6-9-14(17)15(18)10-12/h4-10,16,19H,3H2,1-2H3. The van der Waals surface area contributed by atoms with Gasteiger partial charge in [0.2, 0.25) is 0 Å². The first-order valence-corrected chi connectivity index (χ1v) is 6.88. The van der Waals surface area contributed by atoms with Crippen molar-refractivity contribution >= 4 is 11.6 Å². The summed E-state index contributed by atoms with van der Waals surface area (Å²) in [6, 6.07) is 12.5. The van der Waals surface area contributed by atoms with Crippen LogP contribution >= 0.6 is 11.6 Å². The van der Waals surface area contributed by atoms with Crippen LogP contribution in [-0.2, 0) is 0 Å². The van der Waals surface area contributed by atoms with Gasteiger partial charge in [0.05, 0.1) is 17.7 Å². The van der Waals surface area contributed by atoms with Gasteiger partial charge in [-0.25, -0.2) is 4.39 Å². The minimum absolute atomic E-state index is 0.0857. The number of rotatable bonds is 5. The van der Waals surface area contributed by atoms with Crippen molar-refractivity contribution in [3.63, 3.8) is 0 Å². The zero-order chi connectivity index (χ0) is 14.5. The molecule has 0 aliphatic heterocycles. The summed E-state index contributed by atoms with van der Waals surface area (Å²) in [6.45, 7) is 2.58. The molecule has 2 aromatic rings. The van der Waals surface area contributed by atoms with E-state index in [1.807, 2.05) is 44.3 Å². The predicted molar refractivity (Wildman–Crippen MR) is 79.9 cm³/mol. The van der Waals surface area contributed by atoms with E-state index in [-0.39, 0.29) is 11.1 Å². The second-order valence-electron chi connectivity index (χ2n) is 4.40. The molecule has 0 aliphatic carbocycles. The molecule has 0 amide bonds. The van der Waals surface area contributed by atoms with Crippen LogP contribution in [0.2, 0.25) is 5.02 Å². The molecule has 0 heterocycles. The minimum atomic E-state index is -0.407. The Morgan fingerprint density at radius 2 is 1.80 bits per heavy atom. The Balaban J connectivity index is 2.29. The highest BCUT2D eigenvalue weighted by atomic mass is 35.5. The van der Waals surface area contributed by atoms with E-state index in [0.29, 0.717) is 6.61 Å². The van der Waals surface area contributed by atoms with E-state index >= 15 is 0 Å². The monoisotopic (exact) mass is 293 g/mol. The zero-order valence-corrected chi connectivity index (χ0v) is 12.2. The van der Waals surface area contributed by atoms with Gasteiger partial charge in [-0.2, -0.15) is 0 Å². The van der Waals surface area contributed by atoms with E-state index in [1.165, 1.54) is 6.07 Å². The number of hydrogen-bond donors (Lipinski definition) is 1. The van der Waals surface area contributed by atoms with E-state index in [1.54, 1.807) is 6.07 Å². The van der Waals surface area contributed by atoms with E-state index in [2.05, 4.69) is 5.32 Å². The molecule has 4 heteroatoms. The summed E-state index contributed by atoms with van der Waals surface area (Å²) >= 11 is 5.72. The third kappa shape index (κ3) is 3.30. The van der Waals surface area contributed by atoms with Gasteiger partial charge in [0, 0.05) is 0 Å². The largest absolute Gasteiger partial charge is 0.494 e. The topological polar surface area (TPSA) is 21.3 Å². The summed E-state index contributed by atoms with van der Waals surface area (Å²) < 4.78 is 19.0. The molecule has 2 nitrogen and oxygen atoms in total. The maximum atomic E-state index is 13.6. The van der Waals surface area contributed by atoms with E-state index in [4.69, 9.17) is 16.3 Å². The minimum Gasteiger partial charge on any atom is -0.494 e. The molecule has 0 fully saturated rings. The van der Waals surface area contributed by atoms with Gasteiger partial charge >= 0.3 is 0 Å². The molecule has 0 spiro atoms. The van der Waals surface area contributed by atoms with Crippen LogP contribution in [0.5, 0.6) is 5.75 Å². The Labute approximate surface area is 123 Å². The first-order chi connectivity index (χ1) is 9.65. The van der Waals surface area contributed by atoms with Crippen molar-refractivity contribution in [1.82, 2.24) is 5.32 Å². The molecule has 0 saturated heterocycles. The molecule has 1 unspecified atom stereocenters. The molecule has 1 N–H and O–H groups in total. The predicted octanol–water partition coefficient (Wildman–Crippen LogP) is 4.19. The molecular formula is C16H17ClFNO. The van der Waals surface area contributed by atoms with Crippen LogP contribution in [0.1, 0.15) is 24.1 Å². The number of hydrogen-bond acceptors (Lipinski definition) is 2. The molecule has 0 radical (unpaired) electrons. The summed E-state index contributed by atoms with van der Waals surface area (Å²) in [5.41, 5.74) is 1.87. The number of nitrogens with one attached hydrogen (secondary N) is 1. The second-order valence-corrected chi connectivity index (χ2v) is 4.80. The number of halogens is 2. The smallest absolute Gasteiger partial charge is 0.142 e. The van der Waals surface area contributed by atoms with Crippen LogP contribution in [0.3, 0.4) is 0 Å². The maximum absolute atomic E-state index is 13.6. The van der Waals surface area contributed by atoms with Gasteiger partial charge in [-0.3, -0.25) is 0 Å². The highest BCUT2D eigenvalue weighted by Crippen LogP contribution is 2.26. The van der Waals surface area contributed by atoms with Crippen molar-refractivity contribution in [2.75, 3.05) is 13.7 Å². The highest BCUT2D eigenvalue weighted by molar-refractivity contribution is 6.30. The summed E-state index contributed by atoms with van der Waals surface area (Å²) in [5, 5.41) is 3.32. The summed E-state index contributed by atoms with van der Waals surface area (Å²) in [5.74, 6) is 0.420. The fourth-order valence-electron chi connectivity index (χ4n) is 2.14. The quantitative estimate of drug-likeness (QED) is 0.892. The van der Waals surface area contributed by atoms with E-state index < -0.39 is 5.82 Å². The molecule has 0 aromatic heterocycles. The van der Waals surface area contributed by atoms with Crippen LogP contribution in [0.15, 0.2) is 42.5 Å². The lowest BCUT2D eigenvalue weighted by Crippen LogP contribution is -2.17. The zero-order valence-electron chi connectivity index (χ0n) is 11.5. The molecule has 0 aliphatic rings. The first kappa shape index (κ1) is 14.8. The fourth-order valence-corrected chi connectivity index (χ4v) is 2.26. The van der Waals surface area contributed by atoms with Crippen LogP contribution in [0.4, 0.5) is 4.39 Å². The fraction of sp³-hybridized carbons (Fsp3) is 0.250.